The van der Waals surface area contributed by atoms with Crippen molar-refractivity contribution in [3.63, 3.8) is 0 Å². The Morgan fingerprint density at radius 3 is 2.13 bits per heavy atom. The summed E-state index contributed by atoms with van der Waals surface area (Å²) in [6.07, 6.45) is 0. The molecule has 0 saturated carbocycles. The van der Waals surface area contributed by atoms with Crippen LogP contribution >= 0.6 is 11.6 Å². The van der Waals surface area contributed by atoms with Crippen LogP contribution in [-0.2, 0) is 13.1 Å². The second-order valence-electron chi connectivity index (χ2n) is 4.86. The lowest BCUT2D eigenvalue weighted by atomic mass is 10.1. The maximum Gasteiger partial charge on any atom is 0.141 e. The van der Waals surface area contributed by atoms with Gasteiger partial charge in [0.05, 0.1) is 31.9 Å². The maximum absolute atomic E-state index is 13.2. The monoisotopic (exact) mass is 339 g/mol. The Morgan fingerprint density at radius 2 is 1.61 bits per heavy atom. The fraction of sp³-hybridized carbons (Fsp3) is 0.294. The molecule has 0 atom stereocenters. The van der Waals surface area contributed by atoms with Crippen LogP contribution in [0, 0.1) is 5.82 Å². The first kappa shape index (κ1) is 17.4. The highest BCUT2D eigenvalue weighted by atomic mass is 35.5. The molecule has 2 aromatic rings. The van der Waals surface area contributed by atoms with Crippen LogP contribution in [0.2, 0.25) is 5.02 Å². The topological polar surface area (TPSA) is 39.7 Å². The fourth-order valence-electron chi connectivity index (χ4n) is 2.23. The van der Waals surface area contributed by atoms with Gasteiger partial charge in [0.2, 0.25) is 0 Å². The number of halogens is 2. The van der Waals surface area contributed by atoms with Crippen molar-refractivity contribution in [2.75, 3.05) is 21.3 Å². The van der Waals surface area contributed by atoms with Gasteiger partial charge in [-0.15, -0.1) is 0 Å². The quantitative estimate of drug-likeness (QED) is 0.833. The van der Waals surface area contributed by atoms with Gasteiger partial charge >= 0.3 is 0 Å². The van der Waals surface area contributed by atoms with E-state index in [-0.39, 0.29) is 5.02 Å². The molecule has 0 saturated heterocycles. The predicted molar refractivity (Wildman–Crippen MR) is 88.1 cm³/mol. The lowest BCUT2D eigenvalue weighted by molar-refractivity contribution is 0.366. The molecule has 0 aliphatic rings. The van der Waals surface area contributed by atoms with E-state index in [4.69, 9.17) is 25.8 Å². The number of rotatable bonds is 7. The summed E-state index contributed by atoms with van der Waals surface area (Å²) >= 11 is 5.78. The first-order chi connectivity index (χ1) is 11.1. The van der Waals surface area contributed by atoms with E-state index in [9.17, 15) is 4.39 Å². The van der Waals surface area contributed by atoms with Crippen LogP contribution in [-0.4, -0.2) is 21.3 Å². The molecule has 6 heteroatoms. The molecule has 0 unspecified atom stereocenters. The van der Waals surface area contributed by atoms with Crippen LogP contribution in [0.4, 0.5) is 4.39 Å². The Kier molecular flexibility index (Phi) is 6.07. The molecular formula is C17H19ClFNO3. The number of methoxy groups -OCH3 is 3. The van der Waals surface area contributed by atoms with E-state index in [1.807, 2.05) is 0 Å². The van der Waals surface area contributed by atoms with E-state index < -0.39 is 5.82 Å². The Morgan fingerprint density at radius 1 is 0.957 bits per heavy atom. The third-order valence-electron chi connectivity index (χ3n) is 3.43. The summed E-state index contributed by atoms with van der Waals surface area (Å²) in [5.74, 6) is 1.58. The van der Waals surface area contributed by atoms with Gasteiger partial charge in [0.15, 0.2) is 0 Å². The third-order valence-corrected chi connectivity index (χ3v) is 3.72. The number of benzene rings is 2. The van der Waals surface area contributed by atoms with E-state index in [1.54, 1.807) is 45.6 Å². The minimum absolute atomic E-state index is 0.115. The van der Waals surface area contributed by atoms with Crippen LogP contribution in [0.25, 0.3) is 0 Å². The lowest BCUT2D eigenvalue weighted by Gasteiger charge is -2.15. The Bertz CT molecular complexity index is 654. The lowest BCUT2D eigenvalue weighted by Crippen LogP contribution is -2.14. The standard InChI is InChI=1S/C17H19ClFNO3/c1-21-12-7-16(22-2)13(17(8-12)23-3)10-20-9-11-4-5-15(19)14(18)6-11/h4-8,20H,9-10H2,1-3H3. The van der Waals surface area contributed by atoms with Crippen LogP contribution < -0.4 is 19.5 Å². The van der Waals surface area contributed by atoms with Crippen LogP contribution in [0.1, 0.15) is 11.1 Å². The van der Waals surface area contributed by atoms with Crippen LogP contribution in [0.3, 0.4) is 0 Å². The summed E-state index contributed by atoms with van der Waals surface area (Å²) in [5, 5.41) is 3.38. The normalized spacial score (nSPS) is 10.5. The first-order valence-corrected chi connectivity index (χ1v) is 7.40. The molecule has 2 rings (SSSR count). The van der Waals surface area contributed by atoms with Crippen molar-refractivity contribution >= 4 is 11.6 Å². The van der Waals surface area contributed by atoms with E-state index in [1.165, 1.54) is 6.07 Å². The minimum atomic E-state index is -0.422. The zero-order valence-corrected chi connectivity index (χ0v) is 14.0. The van der Waals surface area contributed by atoms with Crippen molar-refractivity contribution in [1.82, 2.24) is 5.32 Å². The molecule has 124 valence electrons. The molecule has 0 radical (unpaired) electrons. The van der Waals surface area contributed by atoms with Crippen molar-refractivity contribution in [2.24, 2.45) is 0 Å². The molecule has 0 amide bonds. The summed E-state index contributed by atoms with van der Waals surface area (Å²) < 4.78 is 29.2. The van der Waals surface area contributed by atoms with Gasteiger partial charge in [-0.3, -0.25) is 0 Å². The zero-order valence-electron chi connectivity index (χ0n) is 13.3. The molecule has 0 spiro atoms. The fourth-order valence-corrected chi connectivity index (χ4v) is 2.44. The molecule has 0 fully saturated rings. The SMILES string of the molecule is COc1cc(OC)c(CNCc2ccc(F)c(Cl)c2)c(OC)c1. The van der Waals surface area contributed by atoms with Crippen molar-refractivity contribution in [3.05, 3.63) is 52.3 Å². The van der Waals surface area contributed by atoms with Crippen LogP contribution in [0.5, 0.6) is 17.2 Å². The molecule has 0 aromatic heterocycles. The second kappa shape index (κ2) is 8.04. The largest absolute Gasteiger partial charge is 0.496 e. The Labute approximate surface area is 140 Å². The van der Waals surface area contributed by atoms with E-state index in [2.05, 4.69) is 5.32 Å². The number of nitrogens with one attached hydrogen (secondary N) is 1. The van der Waals surface area contributed by atoms with Gasteiger partial charge in [0.25, 0.3) is 0 Å². The maximum atomic E-state index is 13.2. The van der Waals surface area contributed by atoms with Gasteiger partial charge in [-0.2, -0.15) is 0 Å². The van der Waals surface area contributed by atoms with Gasteiger partial charge in [0.1, 0.15) is 23.1 Å². The highest BCUT2D eigenvalue weighted by molar-refractivity contribution is 6.30. The van der Waals surface area contributed by atoms with Gasteiger partial charge in [-0.1, -0.05) is 17.7 Å². The van der Waals surface area contributed by atoms with E-state index in [0.717, 1.165) is 11.1 Å². The molecule has 2 aromatic carbocycles. The number of hydrogen-bond donors (Lipinski definition) is 1. The highest BCUT2D eigenvalue weighted by Crippen LogP contribution is 2.33. The summed E-state index contributed by atoms with van der Waals surface area (Å²) in [5.41, 5.74) is 1.77. The second-order valence-corrected chi connectivity index (χ2v) is 5.27. The van der Waals surface area contributed by atoms with Gasteiger partial charge in [-0.05, 0) is 17.7 Å². The third kappa shape index (κ3) is 4.27. The Hall–Kier alpha value is -1.98. The molecule has 1 N–H and O–H groups in total. The molecule has 0 heterocycles. The van der Waals surface area contributed by atoms with Gasteiger partial charge in [0, 0.05) is 25.2 Å². The van der Waals surface area contributed by atoms with Crippen molar-refractivity contribution in [2.45, 2.75) is 13.1 Å². The molecule has 0 bridgehead atoms. The molecular weight excluding hydrogens is 321 g/mol. The number of ether oxygens (including phenoxy) is 3. The molecule has 0 aliphatic carbocycles. The van der Waals surface area contributed by atoms with Crippen LogP contribution in [0.15, 0.2) is 30.3 Å². The smallest absolute Gasteiger partial charge is 0.141 e. The van der Waals surface area contributed by atoms with Crippen molar-refractivity contribution < 1.29 is 18.6 Å². The highest BCUT2D eigenvalue weighted by Gasteiger charge is 2.13. The minimum Gasteiger partial charge on any atom is -0.496 e. The zero-order chi connectivity index (χ0) is 16.8. The first-order valence-electron chi connectivity index (χ1n) is 7.02. The van der Waals surface area contributed by atoms with E-state index >= 15 is 0 Å². The van der Waals surface area contributed by atoms with Crippen molar-refractivity contribution in [3.8, 4) is 17.2 Å². The van der Waals surface area contributed by atoms with Crippen molar-refractivity contribution in [1.29, 1.82) is 0 Å². The average molecular weight is 340 g/mol. The average Bonchev–Trinajstić information content (AvgIpc) is 2.57. The summed E-state index contributed by atoms with van der Waals surface area (Å²) in [4.78, 5) is 0. The van der Waals surface area contributed by atoms with E-state index in [0.29, 0.717) is 30.3 Å². The summed E-state index contributed by atoms with van der Waals surface area (Å²) in [7, 11) is 4.78. The summed E-state index contributed by atoms with van der Waals surface area (Å²) in [6, 6.07) is 8.25. The summed E-state index contributed by atoms with van der Waals surface area (Å²) in [6.45, 7) is 1.06. The molecule has 0 aliphatic heterocycles. The Balaban J connectivity index is 2.11. The molecule has 23 heavy (non-hydrogen) atoms. The predicted octanol–water partition coefficient (Wildman–Crippen LogP) is 3.79. The van der Waals surface area contributed by atoms with Gasteiger partial charge in [-0.25, -0.2) is 4.39 Å². The number of hydrogen-bond acceptors (Lipinski definition) is 4. The van der Waals surface area contributed by atoms with Gasteiger partial charge < -0.3 is 19.5 Å². The molecule has 4 nitrogen and oxygen atoms in total.